The summed E-state index contributed by atoms with van der Waals surface area (Å²) < 4.78 is 5.77. The molecule has 17 heavy (non-hydrogen) atoms. The fraction of sp³-hybridized carbons (Fsp3) is 0.231. The van der Waals surface area contributed by atoms with E-state index >= 15 is 0 Å². The average molecular weight is 229 g/mol. The molecule has 0 fully saturated rings. The number of para-hydroxylation sites is 1. The van der Waals surface area contributed by atoms with Crippen LogP contribution in [0.3, 0.4) is 0 Å². The number of nitrogens with zero attached hydrogens (tertiary/aromatic N) is 2. The molecule has 2 N–H and O–H groups in total. The minimum Gasteiger partial charge on any atom is -0.484 e. The van der Waals surface area contributed by atoms with Crippen LogP contribution in [0.2, 0.25) is 0 Å². The first-order valence-corrected chi connectivity index (χ1v) is 5.52. The number of hydrogen-bond acceptors (Lipinski definition) is 4. The minimum atomic E-state index is -0.120. The summed E-state index contributed by atoms with van der Waals surface area (Å²) in [6.07, 6.45) is 1.40. The van der Waals surface area contributed by atoms with Crippen molar-refractivity contribution < 1.29 is 4.74 Å². The van der Waals surface area contributed by atoms with Crippen molar-refractivity contribution in [2.24, 2.45) is 5.73 Å². The smallest absolute Gasteiger partial charge is 0.138 e. The van der Waals surface area contributed by atoms with Gasteiger partial charge >= 0.3 is 0 Å². The third kappa shape index (κ3) is 3.01. The van der Waals surface area contributed by atoms with Crippen LogP contribution in [0.4, 0.5) is 0 Å². The summed E-state index contributed by atoms with van der Waals surface area (Å²) in [7, 11) is 0. The zero-order valence-electron chi connectivity index (χ0n) is 9.71. The third-order valence-electron chi connectivity index (χ3n) is 2.43. The SMILES string of the molecule is C[C@H](Oc1ccccc1)c1cc(CN)ncn1. The number of aromatic nitrogens is 2. The molecule has 1 aromatic carbocycles. The van der Waals surface area contributed by atoms with Gasteiger partial charge in [-0.15, -0.1) is 0 Å². The Morgan fingerprint density at radius 2 is 2.00 bits per heavy atom. The summed E-state index contributed by atoms with van der Waals surface area (Å²) in [5.41, 5.74) is 7.20. The van der Waals surface area contributed by atoms with E-state index in [0.717, 1.165) is 17.1 Å². The van der Waals surface area contributed by atoms with Gasteiger partial charge in [-0.25, -0.2) is 9.97 Å². The quantitative estimate of drug-likeness (QED) is 0.871. The average Bonchev–Trinajstić information content (AvgIpc) is 2.40. The lowest BCUT2D eigenvalue weighted by Gasteiger charge is -2.14. The van der Waals surface area contributed by atoms with Crippen LogP contribution in [0.25, 0.3) is 0 Å². The standard InChI is InChI=1S/C13H15N3O/c1-10(17-12-5-3-2-4-6-12)13-7-11(8-14)15-9-16-13/h2-7,9-10H,8,14H2,1H3/t10-/m0/s1. The molecule has 4 heteroatoms. The predicted octanol–water partition coefficient (Wildman–Crippen LogP) is 2.08. The Morgan fingerprint density at radius 1 is 1.24 bits per heavy atom. The molecule has 1 heterocycles. The van der Waals surface area contributed by atoms with Gasteiger partial charge in [-0.2, -0.15) is 0 Å². The highest BCUT2D eigenvalue weighted by atomic mass is 16.5. The molecular formula is C13H15N3O. The summed E-state index contributed by atoms with van der Waals surface area (Å²) in [5, 5.41) is 0. The van der Waals surface area contributed by atoms with Gasteiger partial charge in [0.25, 0.3) is 0 Å². The van der Waals surface area contributed by atoms with Gasteiger partial charge in [0.05, 0.1) is 11.4 Å². The van der Waals surface area contributed by atoms with Crippen molar-refractivity contribution in [2.45, 2.75) is 19.6 Å². The van der Waals surface area contributed by atoms with Crippen molar-refractivity contribution in [3.8, 4) is 5.75 Å². The molecule has 2 aromatic rings. The van der Waals surface area contributed by atoms with E-state index in [1.165, 1.54) is 6.33 Å². The van der Waals surface area contributed by atoms with E-state index in [2.05, 4.69) is 9.97 Å². The van der Waals surface area contributed by atoms with Crippen molar-refractivity contribution >= 4 is 0 Å². The molecule has 0 saturated carbocycles. The van der Waals surface area contributed by atoms with Crippen LogP contribution in [0, 0.1) is 0 Å². The predicted molar refractivity (Wildman–Crippen MR) is 65.4 cm³/mol. The van der Waals surface area contributed by atoms with E-state index in [1.807, 2.05) is 43.3 Å². The molecule has 2 rings (SSSR count). The van der Waals surface area contributed by atoms with E-state index < -0.39 is 0 Å². The molecule has 1 atom stereocenters. The highest BCUT2D eigenvalue weighted by Gasteiger charge is 2.09. The first-order valence-electron chi connectivity index (χ1n) is 5.52. The molecular weight excluding hydrogens is 214 g/mol. The lowest BCUT2D eigenvalue weighted by molar-refractivity contribution is 0.221. The summed E-state index contributed by atoms with van der Waals surface area (Å²) >= 11 is 0. The lowest BCUT2D eigenvalue weighted by Crippen LogP contribution is -2.08. The van der Waals surface area contributed by atoms with Gasteiger partial charge in [-0.3, -0.25) is 0 Å². The Kier molecular flexibility index (Phi) is 3.67. The molecule has 0 aliphatic rings. The van der Waals surface area contributed by atoms with E-state index in [-0.39, 0.29) is 6.10 Å². The number of hydrogen-bond donors (Lipinski definition) is 1. The highest BCUT2D eigenvalue weighted by Crippen LogP contribution is 2.19. The maximum atomic E-state index is 5.77. The van der Waals surface area contributed by atoms with Gasteiger partial charge in [0.1, 0.15) is 18.2 Å². The number of benzene rings is 1. The van der Waals surface area contributed by atoms with E-state index in [4.69, 9.17) is 10.5 Å². The van der Waals surface area contributed by atoms with Gasteiger partial charge in [0.2, 0.25) is 0 Å². The third-order valence-corrected chi connectivity index (χ3v) is 2.43. The van der Waals surface area contributed by atoms with Gasteiger partial charge in [-0.05, 0) is 25.1 Å². The van der Waals surface area contributed by atoms with Crippen LogP contribution in [-0.4, -0.2) is 9.97 Å². The molecule has 0 bridgehead atoms. The van der Waals surface area contributed by atoms with Gasteiger partial charge < -0.3 is 10.5 Å². The minimum absolute atomic E-state index is 0.120. The van der Waals surface area contributed by atoms with Gasteiger partial charge in [0.15, 0.2) is 0 Å². The molecule has 1 aromatic heterocycles. The number of ether oxygens (including phenoxy) is 1. The van der Waals surface area contributed by atoms with Crippen LogP contribution in [0.1, 0.15) is 24.4 Å². The summed E-state index contributed by atoms with van der Waals surface area (Å²) in [4.78, 5) is 8.25. The second-order valence-electron chi connectivity index (χ2n) is 3.71. The van der Waals surface area contributed by atoms with Crippen LogP contribution in [0.5, 0.6) is 5.75 Å². The number of rotatable bonds is 4. The molecule has 0 aliphatic heterocycles. The maximum absolute atomic E-state index is 5.77. The zero-order chi connectivity index (χ0) is 12.1. The van der Waals surface area contributed by atoms with Crippen molar-refractivity contribution in [3.05, 3.63) is 54.1 Å². The molecule has 0 saturated heterocycles. The molecule has 0 unspecified atom stereocenters. The first kappa shape index (κ1) is 11.5. The summed E-state index contributed by atoms with van der Waals surface area (Å²) in [6, 6.07) is 11.5. The van der Waals surface area contributed by atoms with Gasteiger partial charge in [0, 0.05) is 6.54 Å². The molecule has 0 spiro atoms. The fourth-order valence-electron chi connectivity index (χ4n) is 1.51. The zero-order valence-corrected chi connectivity index (χ0v) is 9.71. The Balaban J connectivity index is 2.11. The topological polar surface area (TPSA) is 61.0 Å². The molecule has 0 amide bonds. The Labute approximate surface area is 100 Å². The second kappa shape index (κ2) is 5.41. The van der Waals surface area contributed by atoms with Crippen LogP contribution in [0.15, 0.2) is 42.7 Å². The summed E-state index contributed by atoms with van der Waals surface area (Å²) in [5.74, 6) is 0.827. The second-order valence-corrected chi connectivity index (χ2v) is 3.71. The van der Waals surface area contributed by atoms with Crippen LogP contribution >= 0.6 is 0 Å². The van der Waals surface area contributed by atoms with Crippen molar-refractivity contribution in [1.29, 1.82) is 0 Å². The van der Waals surface area contributed by atoms with Crippen LogP contribution in [-0.2, 0) is 6.54 Å². The van der Waals surface area contributed by atoms with E-state index in [9.17, 15) is 0 Å². The van der Waals surface area contributed by atoms with Gasteiger partial charge in [-0.1, -0.05) is 18.2 Å². The van der Waals surface area contributed by atoms with Crippen LogP contribution < -0.4 is 10.5 Å². The molecule has 0 aliphatic carbocycles. The fourth-order valence-corrected chi connectivity index (χ4v) is 1.51. The Morgan fingerprint density at radius 3 is 2.71 bits per heavy atom. The Hall–Kier alpha value is -1.94. The van der Waals surface area contributed by atoms with Crippen molar-refractivity contribution in [1.82, 2.24) is 9.97 Å². The monoisotopic (exact) mass is 229 g/mol. The normalized spacial score (nSPS) is 12.1. The number of nitrogens with two attached hydrogens (primary N) is 1. The maximum Gasteiger partial charge on any atom is 0.138 e. The molecule has 0 radical (unpaired) electrons. The molecule has 4 nitrogen and oxygen atoms in total. The van der Waals surface area contributed by atoms with Crippen molar-refractivity contribution in [3.63, 3.8) is 0 Å². The van der Waals surface area contributed by atoms with E-state index in [1.54, 1.807) is 0 Å². The van der Waals surface area contributed by atoms with Crippen molar-refractivity contribution in [2.75, 3.05) is 0 Å². The first-order chi connectivity index (χ1) is 8.29. The lowest BCUT2D eigenvalue weighted by atomic mass is 10.2. The highest BCUT2D eigenvalue weighted by molar-refractivity contribution is 5.22. The largest absolute Gasteiger partial charge is 0.484 e. The Bertz CT molecular complexity index is 473. The molecule has 88 valence electrons. The van der Waals surface area contributed by atoms with E-state index in [0.29, 0.717) is 6.54 Å². The summed E-state index contributed by atoms with van der Waals surface area (Å²) in [6.45, 7) is 2.36.